The van der Waals surface area contributed by atoms with Gasteiger partial charge in [0.25, 0.3) is 0 Å². The molecule has 2 nitrogen and oxygen atoms in total. The number of aryl methyl sites for hydroxylation is 1. The van der Waals surface area contributed by atoms with Crippen molar-refractivity contribution in [3.63, 3.8) is 0 Å². The molecule has 1 aliphatic carbocycles. The Labute approximate surface area is 103 Å². The second-order valence-corrected chi connectivity index (χ2v) is 4.80. The maximum Gasteiger partial charge on any atom is 0.224 e. The van der Waals surface area contributed by atoms with Crippen molar-refractivity contribution in [2.75, 3.05) is 5.32 Å². The summed E-state index contributed by atoms with van der Waals surface area (Å²) in [5, 5.41) is 3.07. The molecule has 2 heteroatoms. The largest absolute Gasteiger partial charge is 0.326 e. The van der Waals surface area contributed by atoms with Gasteiger partial charge in [0.05, 0.1) is 0 Å². The molecular weight excluding hydrogens is 210 g/mol. The van der Waals surface area contributed by atoms with Gasteiger partial charge < -0.3 is 5.32 Å². The lowest BCUT2D eigenvalue weighted by Gasteiger charge is -2.19. The molecule has 0 fully saturated rings. The lowest BCUT2D eigenvalue weighted by atomic mass is 9.90. The Morgan fingerprint density at radius 3 is 2.94 bits per heavy atom. The molecule has 1 aromatic rings. The Bertz CT molecular complexity index is 398. The summed E-state index contributed by atoms with van der Waals surface area (Å²) >= 11 is 0. The van der Waals surface area contributed by atoms with Gasteiger partial charge in [0, 0.05) is 12.1 Å². The first kappa shape index (κ1) is 12.2. The molecule has 1 aromatic carbocycles. The van der Waals surface area contributed by atoms with E-state index in [-0.39, 0.29) is 5.91 Å². The number of hydrogen-bond donors (Lipinski definition) is 1. The highest BCUT2D eigenvalue weighted by molar-refractivity contribution is 5.91. The number of benzene rings is 1. The van der Waals surface area contributed by atoms with Crippen LogP contribution in [0.2, 0.25) is 0 Å². The quantitative estimate of drug-likeness (QED) is 0.841. The monoisotopic (exact) mass is 231 g/mol. The summed E-state index contributed by atoms with van der Waals surface area (Å²) in [6, 6.07) is 6.28. The van der Waals surface area contributed by atoms with E-state index in [0.717, 1.165) is 31.4 Å². The maximum absolute atomic E-state index is 11.7. The van der Waals surface area contributed by atoms with Gasteiger partial charge in [-0.1, -0.05) is 25.5 Å². The highest BCUT2D eigenvalue weighted by atomic mass is 16.1. The first-order valence-corrected chi connectivity index (χ1v) is 6.72. The van der Waals surface area contributed by atoms with Crippen molar-refractivity contribution in [2.24, 2.45) is 0 Å². The number of anilines is 1. The zero-order chi connectivity index (χ0) is 12.1. The molecule has 0 atom stereocenters. The first-order valence-electron chi connectivity index (χ1n) is 6.72. The third kappa shape index (κ3) is 3.09. The standard InChI is InChI=1S/C15H21NO/c1-2-3-11-15(17)16-14-10-6-8-12-7-4-5-9-13(12)14/h6,8,10H,2-5,7,9,11H2,1H3,(H,16,17). The van der Waals surface area contributed by atoms with Crippen molar-refractivity contribution >= 4 is 11.6 Å². The predicted octanol–water partition coefficient (Wildman–Crippen LogP) is 3.69. The first-order chi connectivity index (χ1) is 8.31. The number of carbonyl (C=O) groups is 1. The number of unbranched alkanes of at least 4 members (excludes halogenated alkanes) is 1. The summed E-state index contributed by atoms with van der Waals surface area (Å²) in [4.78, 5) is 11.7. The molecule has 0 aromatic heterocycles. The van der Waals surface area contributed by atoms with Crippen molar-refractivity contribution in [3.8, 4) is 0 Å². The van der Waals surface area contributed by atoms with Crippen LogP contribution in [0, 0.1) is 0 Å². The normalized spacial score (nSPS) is 14.2. The van der Waals surface area contributed by atoms with E-state index in [0.29, 0.717) is 6.42 Å². The van der Waals surface area contributed by atoms with Crippen molar-refractivity contribution in [2.45, 2.75) is 51.9 Å². The molecule has 0 bridgehead atoms. The number of hydrogen-bond acceptors (Lipinski definition) is 1. The van der Waals surface area contributed by atoms with Gasteiger partial charge in [-0.2, -0.15) is 0 Å². The highest BCUT2D eigenvalue weighted by Crippen LogP contribution is 2.27. The summed E-state index contributed by atoms with van der Waals surface area (Å²) in [5.74, 6) is 0.158. The van der Waals surface area contributed by atoms with Crippen LogP contribution in [0.4, 0.5) is 5.69 Å². The second-order valence-electron chi connectivity index (χ2n) is 4.80. The average Bonchev–Trinajstić information content (AvgIpc) is 2.37. The van der Waals surface area contributed by atoms with Crippen LogP contribution >= 0.6 is 0 Å². The number of nitrogens with one attached hydrogen (secondary N) is 1. The molecule has 0 heterocycles. The van der Waals surface area contributed by atoms with E-state index in [1.54, 1.807) is 0 Å². The van der Waals surface area contributed by atoms with Crippen molar-refractivity contribution in [1.82, 2.24) is 0 Å². The van der Waals surface area contributed by atoms with Gasteiger partial charge >= 0.3 is 0 Å². The Hall–Kier alpha value is -1.31. The zero-order valence-corrected chi connectivity index (χ0v) is 10.6. The number of carbonyl (C=O) groups excluding carboxylic acids is 1. The van der Waals surface area contributed by atoms with E-state index in [2.05, 4.69) is 24.4 Å². The van der Waals surface area contributed by atoms with Gasteiger partial charge in [0.2, 0.25) is 5.91 Å². The van der Waals surface area contributed by atoms with E-state index in [4.69, 9.17) is 0 Å². The van der Waals surface area contributed by atoms with E-state index in [9.17, 15) is 4.79 Å². The summed E-state index contributed by atoms with van der Waals surface area (Å²) in [6.45, 7) is 2.11. The summed E-state index contributed by atoms with van der Waals surface area (Å²) < 4.78 is 0. The minimum absolute atomic E-state index is 0.158. The lowest BCUT2D eigenvalue weighted by Crippen LogP contribution is -2.14. The van der Waals surface area contributed by atoms with Crippen molar-refractivity contribution in [1.29, 1.82) is 0 Å². The Morgan fingerprint density at radius 2 is 2.12 bits per heavy atom. The molecule has 0 saturated carbocycles. The number of fused-ring (bicyclic) bond motifs is 1. The number of amides is 1. The van der Waals surface area contributed by atoms with Crippen LogP contribution in [-0.2, 0) is 17.6 Å². The van der Waals surface area contributed by atoms with Crippen LogP contribution in [0.25, 0.3) is 0 Å². The molecule has 1 amide bonds. The van der Waals surface area contributed by atoms with Gasteiger partial charge in [0.15, 0.2) is 0 Å². The summed E-state index contributed by atoms with van der Waals surface area (Å²) in [5.41, 5.74) is 3.83. The van der Waals surface area contributed by atoms with E-state index < -0.39 is 0 Å². The molecule has 0 radical (unpaired) electrons. The van der Waals surface area contributed by atoms with E-state index >= 15 is 0 Å². The molecular formula is C15H21NO. The van der Waals surface area contributed by atoms with Crippen LogP contribution in [0.1, 0.15) is 50.2 Å². The van der Waals surface area contributed by atoms with Crippen molar-refractivity contribution in [3.05, 3.63) is 29.3 Å². The van der Waals surface area contributed by atoms with Crippen LogP contribution < -0.4 is 5.32 Å². The Morgan fingerprint density at radius 1 is 1.29 bits per heavy atom. The lowest BCUT2D eigenvalue weighted by molar-refractivity contribution is -0.116. The molecule has 17 heavy (non-hydrogen) atoms. The molecule has 2 rings (SSSR count). The molecule has 92 valence electrons. The smallest absolute Gasteiger partial charge is 0.224 e. The molecule has 1 aliphatic rings. The Kier molecular flexibility index (Phi) is 4.18. The topological polar surface area (TPSA) is 29.1 Å². The van der Waals surface area contributed by atoms with Gasteiger partial charge in [-0.25, -0.2) is 0 Å². The zero-order valence-electron chi connectivity index (χ0n) is 10.6. The van der Waals surface area contributed by atoms with E-state index in [1.807, 2.05) is 6.07 Å². The fourth-order valence-corrected chi connectivity index (χ4v) is 2.45. The fraction of sp³-hybridized carbons (Fsp3) is 0.533. The SMILES string of the molecule is CCCCC(=O)Nc1cccc2c1CCCC2. The third-order valence-corrected chi connectivity index (χ3v) is 3.43. The molecule has 0 aliphatic heterocycles. The fourth-order valence-electron chi connectivity index (χ4n) is 2.45. The summed E-state index contributed by atoms with van der Waals surface area (Å²) in [7, 11) is 0. The van der Waals surface area contributed by atoms with Crippen LogP contribution in [0.5, 0.6) is 0 Å². The third-order valence-electron chi connectivity index (χ3n) is 3.43. The molecule has 1 N–H and O–H groups in total. The Balaban J connectivity index is 2.08. The average molecular weight is 231 g/mol. The van der Waals surface area contributed by atoms with Gasteiger partial charge in [0.1, 0.15) is 0 Å². The minimum atomic E-state index is 0.158. The predicted molar refractivity (Wildman–Crippen MR) is 71.2 cm³/mol. The van der Waals surface area contributed by atoms with Gasteiger partial charge in [-0.3, -0.25) is 4.79 Å². The summed E-state index contributed by atoms with van der Waals surface area (Å²) in [6.07, 6.45) is 7.48. The van der Waals surface area contributed by atoms with Crippen LogP contribution in [0.15, 0.2) is 18.2 Å². The van der Waals surface area contributed by atoms with Gasteiger partial charge in [-0.15, -0.1) is 0 Å². The van der Waals surface area contributed by atoms with Gasteiger partial charge in [-0.05, 0) is 49.3 Å². The second kappa shape index (κ2) is 5.85. The molecule has 0 unspecified atom stereocenters. The van der Waals surface area contributed by atoms with Crippen LogP contribution in [0.3, 0.4) is 0 Å². The number of rotatable bonds is 4. The molecule has 0 saturated heterocycles. The molecule has 0 spiro atoms. The van der Waals surface area contributed by atoms with Crippen LogP contribution in [-0.4, -0.2) is 5.91 Å². The maximum atomic E-state index is 11.7. The highest BCUT2D eigenvalue weighted by Gasteiger charge is 2.13. The van der Waals surface area contributed by atoms with Crippen molar-refractivity contribution < 1.29 is 4.79 Å². The minimum Gasteiger partial charge on any atom is -0.326 e. The van der Waals surface area contributed by atoms with E-state index in [1.165, 1.54) is 24.0 Å².